The standard InChI is InChI=1S/C11H21F3N2O/c1-8(2)16(5-6-17)7-10-9(3-4-15-10)11(12,13)14/h8-10,15,17H,3-7H2,1-2H3. The minimum atomic E-state index is -4.13. The first-order valence-electron chi connectivity index (χ1n) is 6.01. The fourth-order valence-electron chi connectivity index (χ4n) is 2.29. The molecule has 0 saturated carbocycles. The van der Waals surface area contributed by atoms with Crippen molar-refractivity contribution in [3.8, 4) is 0 Å². The van der Waals surface area contributed by atoms with Crippen LogP contribution in [0.3, 0.4) is 0 Å². The molecule has 0 aromatic rings. The number of hydrogen-bond acceptors (Lipinski definition) is 3. The lowest BCUT2D eigenvalue weighted by molar-refractivity contribution is -0.177. The van der Waals surface area contributed by atoms with E-state index in [-0.39, 0.29) is 19.1 Å². The van der Waals surface area contributed by atoms with Crippen LogP contribution in [0.1, 0.15) is 20.3 Å². The Hall–Kier alpha value is -0.330. The Bertz CT molecular complexity index is 233. The molecule has 2 unspecified atom stereocenters. The molecule has 1 rings (SSSR count). The van der Waals surface area contributed by atoms with Gasteiger partial charge in [0.2, 0.25) is 0 Å². The molecule has 0 spiro atoms. The average molecular weight is 254 g/mol. The molecular weight excluding hydrogens is 233 g/mol. The van der Waals surface area contributed by atoms with Crippen molar-refractivity contribution in [3.63, 3.8) is 0 Å². The van der Waals surface area contributed by atoms with Gasteiger partial charge < -0.3 is 10.4 Å². The van der Waals surface area contributed by atoms with Gasteiger partial charge >= 0.3 is 6.18 Å². The Balaban J connectivity index is 2.59. The molecule has 0 radical (unpaired) electrons. The zero-order chi connectivity index (χ0) is 13.1. The number of alkyl halides is 3. The van der Waals surface area contributed by atoms with E-state index in [1.54, 1.807) is 0 Å². The fraction of sp³-hybridized carbons (Fsp3) is 1.00. The molecule has 17 heavy (non-hydrogen) atoms. The average Bonchev–Trinajstić information content (AvgIpc) is 2.64. The van der Waals surface area contributed by atoms with Gasteiger partial charge in [-0.05, 0) is 26.8 Å². The molecule has 1 aliphatic rings. The molecule has 102 valence electrons. The van der Waals surface area contributed by atoms with Crippen LogP contribution >= 0.6 is 0 Å². The second kappa shape index (κ2) is 6.02. The molecule has 1 saturated heterocycles. The summed E-state index contributed by atoms with van der Waals surface area (Å²) in [5.41, 5.74) is 0. The van der Waals surface area contributed by atoms with Crippen LogP contribution in [0.15, 0.2) is 0 Å². The van der Waals surface area contributed by atoms with Gasteiger partial charge in [-0.1, -0.05) is 0 Å². The van der Waals surface area contributed by atoms with Crippen LogP contribution in [0.4, 0.5) is 13.2 Å². The van der Waals surface area contributed by atoms with Crippen LogP contribution < -0.4 is 5.32 Å². The highest BCUT2D eigenvalue weighted by Crippen LogP contribution is 2.34. The summed E-state index contributed by atoms with van der Waals surface area (Å²) in [5.74, 6) is -1.26. The zero-order valence-electron chi connectivity index (χ0n) is 10.3. The smallest absolute Gasteiger partial charge is 0.393 e. The molecule has 1 heterocycles. The van der Waals surface area contributed by atoms with Gasteiger partial charge in [-0.2, -0.15) is 13.2 Å². The third-order valence-electron chi connectivity index (χ3n) is 3.32. The van der Waals surface area contributed by atoms with Gasteiger partial charge in [-0.25, -0.2) is 0 Å². The third kappa shape index (κ3) is 4.12. The van der Waals surface area contributed by atoms with Crippen LogP contribution in [-0.2, 0) is 0 Å². The SMILES string of the molecule is CC(C)N(CCO)CC1NCCC1C(F)(F)F. The van der Waals surface area contributed by atoms with Gasteiger partial charge in [0.1, 0.15) is 0 Å². The van der Waals surface area contributed by atoms with Gasteiger partial charge in [0.25, 0.3) is 0 Å². The number of rotatable bonds is 5. The maximum absolute atomic E-state index is 12.7. The number of nitrogens with zero attached hydrogens (tertiary/aromatic N) is 1. The number of nitrogens with one attached hydrogen (secondary N) is 1. The number of aliphatic hydroxyl groups excluding tert-OH is 1. The summed E-state index contributed by atoms with van der Waals surface area (Å²) >= 11 is 0. The van der Waals surface area contributed by atoms with E-state index < -0.39 is 18.1 Å². The summed E-state index contributed by atoms with van der Waals surface area (Å²) in [7, 11) is 0. The molecule has 1 fully saturated rings. The number of halogens is 3. The zero-order valence-corrected chi connectivity index (χ0v) is 10.3. The van der Waals surface area contributed by atoms with E-state index in [0.717, 1.165) is 0 Å². The predicted octanol–water partition coefficient (Wildman–Crippen LogP) is 1.23. The molecule has 0 bridgehead atoms. The summed E-state index contributed by atoms with van der Waals surface area (Å²) in [5, 5.41) is 11.8. The quantitative estimate of drug-likeness (QED) is 0.774. The third-order valence-corrected chi connectivity index (χ3v) is 3.32. The van der Waals surface area contributed by atoms with Crippen LogP contribution in [0.25, 0.3) is 0 Å². The summed E-state index contributed by atoms with van der Waals surface area (Å²) < 4.78 is 38.2. The van der Waals surface area contributed by atoms with Gasteiger partial charge in [0, 0.05) is 25.2 Å². The Morgan fingerprint density at radius 1 is 1.41 bits per heavy atom. The van der Waals surface area contributed by atoms with E-state index in [1.807, 2.05) is 18.7 Å². The summed E-state index contributed by atoms with van der Waals surface area (Å²) in [4.78, 5) is 1.88. The molecule has 2 N–H and O–H groups in total. The Morgan fingerprint density at radius 2 is 2.06 bits per heavy atom. The second-order valence-corrected chi connectivity index (χ2v) is 4.81. The Morgan fingerprint density at radius 3 is 2.53 bits per heavy atom. The van der Waals surface area contributed by atoms with Crippen molar-refractivity contribution < 1.29 is 18.3 Å². The second-order valence-electron chi connectivity index (χ2n) is 4.81. The maximum atomic E-state index is 12.7. The van der Waals surface area contributed by atoms with E-state index in [2.05, 4.69) is 5.32 Å². The molecule has 2 atom stereocenters. The van der Waals surface area contributed by atoms with Crippen molar-refractivity contribution >= 4 is 0 Å². The van der Waals surface area contributed by atoms with Crippen molar-refractivity contribution in [2.45, 2.75) is 38.5 Å². The van der Waals surface area contributed by atoms with E-state index >= 15 is 0 Å². The summed E-state index contributed by atoms with van der Waals surface area (Å²) in [6.45, 7) is 4.99. The molecule has 0 aliphatic carbocycles. The normalized spacial score (nSPS) is 26.1. The van der Waals surface area contributed by atoms with E-state index in [4.69, 9.17) is 5.11 Å². The first kappa shape index (κ1) is 14.7. The lowest BCUT2D eigenvalue weighted by atomic mass is 9.99. The van der Waals surface area contributed by atoms with Crippen molar-refractivity contribution in [1.82, 2.24) is 10.2 Å². The highest BCUT2D eigenvalue weighted by Gasteiger charge is 2.47. The van der Waals surface area contributed by atoms with E-state index in [9.17, 15) is 13.2 Å². The molecule has 0 amide bonds. The minimum Gasteiger partial charge on any atom is -0.395 e. The van der Waals surface area contributed by atoms with Crippen molar-refractivity contribution in [2.75, 3.05) is 26.2 Å². The lowest BCUT2D eigenvalue weighted by Gasteiger charge is -2.31. The maximum Gasteiger partial charge on any atom is 0.393 e. The van der Waals surface area contributed by atoms with Gasteiger partial charge in [-0.15, -0.1) is 0 Å². The molecular formula is C11H21F3N2O. The van der Waals surface area contributed by atoms with Gasteiger partial charge in [-0.3, -0.25) is 4.90 Å². The predicted molar refractivity (Wildman–Crippen MR) is 59.7 cm³/mol. The molecule has 6 heteroatoms. The molecule has 1 aliphatic heterocycles. The first-order chi connectivity index (χ1) is 7.86. The van der Waals surface area contributed by atoms with Crippen molar-refractivity contribution in [3.05, 3.63) is 0 Å². The van der Waals surface area contributed by atoms with Crippen molar-refractivity contribution in [2.24, 2.45) is 5.92 Å². The van der Waals surface area contributed by atoms with Crippen molar-refractivity contribution in [1.29, 1.82) is 0 Å². The number of aliphatic hydroxyl groups is 1. The van der Waals surface area contributed by atoms with Crippen LogP contribution in [0.2, 0.25) is 0 Å². The van der Waals surface area contributed by atoms with E-state index in [1.165, 1.54) is 0 Å². The summed E-state index contributed by atoms with van der Waals surface area (Å²) in [6, 6.07) is -0.414. The Kier molecular flexibility index (Phi) is 5.22. The fourth-order valence-corrected chi connectivity index (χ4v) is 2.29. The minimum absolute atomic E-state index is 0.0262. The van der Waals surface area contributed by atoms with Crippen LogP contribution in [-0.4, -0.2) is 54.5 Å². The van der Waals surface area contributed by atoms with Crippen LogP contribution in [0.5, 0.6) is 0 Å². The van der Waals surface area contributed by atoms with Gasteiger partial charge in [0.05, 0.1) is 12.5 Å². The lowest BCUT2D eigenvalue weighted by Crippen LogP contribution is -2.47. The first-order valence-corrected chi connectivity index (χ1v) is 6.01. The highest BCUT2D eigenvalue weighted by molar-refractivity contribution is 4.90. The molecule has 0 aromatic carbocycles. The van der Waals surface area contributed by atoms with Crippen LogP contribution in [0, 0.1) is 5.92 Å². The topological polar surface area (TPSA) is 35.5 Å². The molecule has 0 aromatic heterocycles. The number of hydrogen-bond donors (Lipinski definition) is 2. The largest absolute Gasteiger partial charge is 0.395 e. The van der Waals surface area contributed by atoms with E-state index in [0.29, 0.717) is 19.6 Å². The Labute approximate surface area is 100.0 Å². The van der Waals surface area contributed by atoms with Gasteiger partial charge in [0.15, 0.2) is 0 Å². The molecule has 3 nitrogen and oxygen atoms in total. The highest BCUT2D eigenvalue weighted by atomic mass is 19.4. The summed E-state index contributed by atoms with van der Waals surface area (Å²) in [6.07, 6.45) is -3.98. The monoisotopic (exact) mass is 254 g/mol.